The lowest BCUT2D eigenvalue weighted by molar-refractivity contribution is 0.0525. The average Bonchev–Trinajstić information content (AvgIpc) is 2.55. The van der Waals surface area contributed by atoms with E-state index in [1.165, 1.54) is 18.5 Å². The Morgan fingerprint density at radius 1 is 1.29 bits per heavy atom. The molecular formula is C17H17F2N3O2. The van der Waals surface area contributed by atoms with Gasteiger partial charge in [-0.15, -0.1) is 0 Å². The van der Waals surface area contributed by atoms with E-state index in [9.17, 15) is 13.6 Å². The minimum Gasteiger partial charge on any atom is -0.462 e. The lowest BCUT2D eigenvalue weighted by atomic mass is 9.71. The van der Waals surface area contributed by atoms with Crippen LogP contribution < -0.4 is 5.32 Å². The molecule has 0 unspecified atom stereocenters. The molecule has 1 N–H and O–H groups in total. The molecule has 0 bridgehead atoms. The van der Waals surface area contributed by atoms with Crippen LogP contribution in [0.3, 0.4) is 0 Å². The largest absolute Gasteiger partial charge is 0.462 e. The highest BCUT2D eigenvalue weighted by molar-refractivity contribution is 5.88. The highest BCUT2D eigenvalue weighted by Gasteiger charge is 2.41. The molecule has 2 aromatic rings. The molecule has 1 aliphatic rings. The van der Waals surface area contributed by atoms with Gasteiger partial charge in [0.15, 0.2) is 11.6 Å². The molecule has 1 aromatic heterocycles. The first-order valence-electron chi connectivity index (χ1n) is 7.77. The summed E-state index contributed by atoms with van der Waals surface area (Å²) in [6, 6.07) is 4.15. The summed E-state index contributed by atoms with van der Waals surface area (Å²) < 4.78 is 32.6. The van der Waals surface area contributed by atoms with Crippen LogP contribution in [-0.4, -0.2) is 22.5 Å². The fraction of sp³-hybridized carbons (Fsp3) is 0.353. The topological polar surface area (TPSA) is 64.1 Å². The predicted octanol–water partition coefficient (Wildman–Crippen LogP) is 3.42. The normalized spacial score (nSPS) is 15.5. The quantitative estimate of drug-likeness (QED) is 0.850. The number of esters is 1. The number of hydrogen-bond donors (Lipinski definition) is 1. The van der Waals surface area contributed by atoms with E-state index in [4.69, 9.17) is 4.74 Å². The van der Waals surface area contributed by atoms with Gasteiger partial charge in [0, 0.05) is 18.0 Å². The van der Waals surface area contributed by atoms with E-state index < -0.39 is 23.1 Å². The van der Waals surface area contributed by atoms with Gasteiger partial charge in [0.2, 0.25) is 5.95 Å². The van der Waals surface area contributed by atoms with Crippen molar-refractivity contribution in [2.75, 3.05) is 11.9 Å². The summed E-state index contributed by atoms with van der Waals surface area (Å²) in [5.41, 5.74) is -0.216. The summed E-state index contributed by atoms with van der Waals surface area (Å²) in [6.45, 7) is 1.98. The molecule has 7 heteroatoms. The van der Waals surface area contributed by atoms with Crippen molar-refractivity contribution in [2.45, 2.75) is 31.7 Å². The molecule has 3 rings (SSSR count). The first-order valence-corrected chi connectivity index (χ1v) is 7.77. The molecule has 0 amide bonds. The summed E-state index contributed by atoms with van der Waals surface area (Å²) in [5, 5.41) is 3.09. The molecule has 1 saturated carbocycles. The van der Waals surface area contributed by atoms with Crippen LogP contribution in [0.25, 0.3) is 0 Å². The van der Waals surface area contributed by atoms with Crippen molar-refractivity contribution in [3.05, 3.63) is 53.4 Å². The Hall–Kier alpha value is -2.57. The van der Waals surface area contributed by atoms with Gasteiger partial charge in [0.25, 0.3) is 0 Å². The molecule has 0 aliphatic heterocycles. The lowest BCUT2D eigenvalue weighted by Gasteiger charge is -2.43. The first kappa shape index (κ1) is 16.3. The van der Waals surface area contributed by atoms with Gasteiger partial charge >= 0.3 is 5.97 Å². The van der Waals surface area contributed by atoms with Crippen molar-refractivity contribution in [3.8, 4) is 0 Å². The van der Waals surface area contributed by atoms with Crippen LogP contribution in [0.4, 0.5) is 14.7 Å². The molecule has 126 valence electrons. The fourth-order valence-electron chi connectivity index (χ4n) is 2.79. The molecular weight excluding hydrogens is 316 g/mol. The molecule has 0 saturated heterocycles. The minimum absolute atomic E-state index is 0.238. The second-order valence-electron chi connectivity index (χ2n) is 5.68. The number of benzene rings is 1. The van der Waals surface area contributed by atoms with Crippen molar-refractivity contribution in [1.29, 1.82) is 0 Å². The zero-order valence-electron chi connectivity index (χ0n) is 13.2. The number of nitrogens with zero attached hydrogens (tertiary/aromatic N) is 2. The van der Waals surface area contributed by atoms with Crippen LogP contribution >= 0.6 is 0 Å². The van der Waals surface area contributed by atoms with Crippen molar-refractivity contribution in [2.24, 2.45) is 0 Å². The summed E-state index contributed by atoms with van der Waals surface area (Å²) in [7, 11) is 0. The second kappa shape index (κ2) is 6.51. The van der Waals surface area contributed by atoms with Crippen LogP contribution in [0.2, 0.25) is 0 Å². The Bertz CT molecular complexity index is 746. The summed E-state index contributed by atoms with van der Waals surface area (Å²) >= 11 is 0. The maximum atomic E-state index is 14.2. The van der Waals surface area contributed by atoms with Gasteiger partial charge in [-0.05, 0) is 32.3 Å². The number of carbonyl (C=O) groups is 1. The number of nitrogens with one attached hydrogen (secondary N) is 1. The van der Waals surface area contributed by atoms with Crippen LogP contribution in [0.1, 0.15) is 42.1 Å². The number of aromatic nitrogens is 2. The molecule has 1 heterocycles. The second-order valence-corrected chi connectivity index (χ2v) is 5.68. The van der Waals surface area contributed by atoms with E-state index in [0.717, 1.165) is 12.5 Å². The molecule has 0 spiro atoms. The Morgan fingerprint density at radius 2 is 2.00 bits per heavy atom. The van der Waals surface area contributed by atoms with E-state index in [-0.39, 0.29) is 23.7 Å². The third-order valence-electron chi connectivity index (χ3n) is 4.19. The Morgan fingerprint density at radius 3 is 2.58 bits per heavy atom. The van der Waals surface area contributed by atoms with Gasteiger partial charge in [0.05, 0.1) is 17.7 Å². The zero-order valence-corrected chi connectivity index (χ0v) is 13.2. The minimum atomic E-state index is -0.876. The van der Waals surface area contributed by atoms with Gasteiger partial charge in [0.1, 0.15) is 0 Å². The van der Waals surface area contributed by atoms with Gasteiger partial charge in [-0.3, -0.25) is 0 Å². The highest BCUT2D eigenvalue weighted by atomic mass is 19.2. The smallest absolute Gasteiger partial charge is 0.341 e. The van der Waals surface area contributed by atoms with E-state index in [2.05, 4.69) is 15.3 Å². The van der Waals surface area contributed by atoms with E-state index in [1.807, 2.05) is 0 Å². The monoisotopic (exact) mass is 333 g/mol. The van der Waals surface area contributed by atoms with Gasteiger partial charge in [-0.1, -0.05) is 12.1 Å². The molecule has 1 aromatic carbocycles. The van der Waals surface area contributed by atoms with Gasteiger partial charge in [-0.25, -0.2) is 23.5 Å². The molecule has 1 fully saturated rings. The number of anilines is 1. The van der Waals surface area contributed by atoms with Crippen molar-refractivity contribution >= 4 is 11.9 Å². The van der Waals surface area contributed by atoms with Crippen molar-refractivity contribution < 1.29 is 18.3 Å². The van der Waals surface area contributed by atoms with Crippen molar-refractivity contribution in [1.82, 2.24) is 9.97 Å². The van der Waals surface area contributed by atoms with Crippen LogP contribution in [0, 0.1) is 11.6 Å². The van der Waals surface area contributed by atoms with E-state index >= 15 is 0 Å². The number of rotatable bonds is 5. The zero-order chi connectivity index (χ0) is 17.2. The average molecular weight is 333 g/mol. The standard InChI is InChI=1S/C17H17F2N3O2/c1-2-24-15(23)11-9-20-16(21-10-11)22-17(7-4-8-17)12-5-3-6-13(18)14(12)19/h3,5-6,9-10H,2,4,7-8H2,1H3,(H,20,21,22). The predicted molar refractivity (Wildman–Crippen MR) is 83.5 cm³/mol. The maximum Gasteiger partial charge on any atom is 0.341 e. The molecule has 0 radical (unpaired) electrons. The Labute approximate surface area is 138 Å². The highest BCUT2D eigenvalue weighted by Crippen LogP contribution is 2.44. The number of halogens is 2. The van der Waals surface area contributed by atoms with Crippen LogP contribution in [-0.2, 0) is 10.3 Å². The maximum absolute atomic E-state index is 14.2. The molecule has 0 atom stereocenters. The number of hydrogen-bond acceptors (Lipinski definition) is 5. The fourth-order valence-corrected chi connectivity index (χ4v) is 2.79. The molecule has 24 heavy (non-hydrogen) atoms. The van der Waals surface area contributed by atoms with Crippen molar-refractivity contribution in [3.63, 3.8) is 0 Å². The Kier molecular flexibility index (Phi) is 4.42. The Balaban J connectivity index is 1.83. The SMILES string of the molecule is CCOC(=O)c1cnc(NC2(c3cccc(F)c3F)CCC2)nc1. The number of carbonyl (C=O) groups excluding carboxylic acids is 1. The molecule has 5 nitrogen and oxygen atoms in total. The third-order valence-corrected chi connectivity index (χ3v) is 4.19. The first-order chi connectivity index (χ1) is 11.6. The number of ether oxygens (including phenoxy) is 1. The summed E-state index contributed by atoms with van der Waals surface area (Å²) in [6.07, 6.45) is 4.89. The van der Waals surface area contributed by atoms with Crippen LogP contribution in [0.15, 0.2) is 30.6 Å². The van der Waals surface area contributed by atoms with Gasteiger partial charge < -0.3 is 10.1 Å². The van der Waals surface area contributed by atoms with E-state index in [1.54, 1.807) is 13.0 Å². The summed E-state index contributed by atoms with van der Waals surface area (Å²) in [4.78, 5) is 19.8. The van der Waals surface area contributed by atoms with Gasteiger partial charge in [-0.2, -0.15) is 0 Å². The molecule has 1 aliphatic carbocycles. The van der Waals surface area contributed by atoms with E-state index in [0.29, 0.717) is 12.8 Å². The lowest BCUT2D eigenvalue weighted by Crippen LogP contribution is -2.43. The third kappa shape index (κ3) is 2.93. The summed E-state index contributed by atoms with van der Waals surface area (Å²) in [5.74, 6) is -1.98. The van der Waals surface area contributed by atoms with Crippen LogP contribution in [0.5, 0.6) is 0 Å².